The van der Waals surface area contributed by atoms with Gasteiger partial charge in [0, 0.05) is 56.6 Å². The minimum absolute atomic E-state index is 0.0277. The number of phenols is 1. The first kappa shape index (κ1) is 66.4. The SMILES string of the molecule is CC(C)(C)OC(=O)NCCCC[C@H](NC(=O)CCSSCCC(=O)O)C(=O)N[C@@H](Cc1ccccc1)C(=O)N[C@@H](Cc1ccccc1)C(=O)N[C@@H](Cc1ccc(O)cc1)C(=O)N[C@@H](CCC(N)=O)C(=O)N[C@@H](CCC(N)=O)C(N)=O. The molecule has 0 saturated carbocycles. The summed E-state index contributed by atoms with van der Waals surface area (Å²) in [5.41, 5.74) is 17.0. The summed E-state index contributed by atoms with van der Waals surface area (Å²) < 4.78 is 5.30. The van der Waals surface area contributed by atoms with Crippen molar-refractivity contribution in [2.45, 2.75) is 140 Å². The quantitative estimate of drug-likeness (QED) is 0.0288. The number of carboxylic acid groups (broad SMARTS) is 1. The number of carbonyl (C=O) groups excluding carboxylic acids is 10. The maximum absolute atomic E-state index is 14.7. The van der Waals surface area contributed by atoms with Crippen LogP contribution in [-0.2, 0) is 71.9 Å². The molecule has 3 aromatic carbocycles. The predicted octanol–water partition coefficient (Wildman–Crippen LogP) is 1.29. The summed E-state index contributed by atoms with van der Waals surface area (Å²) >= 11 is 0. The summed E-state index contributed by atoms with van der Waals surface area (Å²) in [6, 6.07) is 14.4. The molecule has 6 atom stereocenters. The van der Waals surface area contributed by atoms with E-state index in [0.29, 0.717) is 41.0 Å². The number of aromatic hydroxyl groups is 1. The van der Waals surface area contributed by atoms with E-state index in [1.165, 1.54) is 45.9 Å². The maximum atomic E-state index is 14.7. The Morgan fingerprint density at radius 2 is 0.900 bits per heavy atom. The average molecular weight is 1150 g/mol. The van der Waals surface area contributed by atoms with E-state index < -0.39 is 114 Å². The molecule has 0 aliphatic heterocycles. The highest BCUT2D eigenvalue weighted by atomic mass is 33.1. The van der Waals surface area contributed by atoms with Crippen molar-refractivity contribution in [3.8, 4) is 5.75 Å². The Morgan fingerprint density at radius 1 is 0.500 bits per heavy atom. The summed E-state index contributed by atoms with van der Waals surface area (Å²) in [5.74, 6) is -7.98. The molecular formula is C54H74N10O14S2. The van der Waals surface area contributed by atoms with Crippen LogP contribution in [0.25, 0.3) is 0 Å². The van der Waals surface area contributed by atoms with Crippen LogP contribution in [0.15, 0.2) is 84.9 Å². The van der Waals surface area contributed by atoms with E-state index in [9.17, 15) is 57.8 Å². The number of rotatable bonds is 36. The molecule has 0 aliphatic carbocycles. The van der Waals surface area contributed by atoms with E-state index in [-0.39, 0.29) is 70.1 Å². The summed E-state index contributed by atoms with van der Waals surface area (Å²) in [7, 11) is 2.58. The van der Waals surface area contributed by atoms with Gasteiger partial charge in [-0.2, -0.15) is 0 Å². The van der Waals surface area contributed by atoms with Crippen molar-refractivity contribution in [1.82, 2.24) is 37.2 Å². The summed E-state index contributed by atoms with van der Waals surface area (Å²) in [6.07, 6.45) is -1.84. The number of carboxylic acids is 1. The highest BCUT2D eigenvalue weighted by Gasteiger charge is 2.34. The zero-order valence-electron chi connectivity index (χ0n) is 45.0. The normalized spacial score (nSPS) is 13.3. The van der Waals surface area contributed by atoms with Crippen LogP contribution < -0.4 is 54.4 Å². The second-order valence-corrected chi connectivity index (χ2v) is 22.3. The predicted molar refractivity (Wildman–Crippen MR) is 300 cm³/mol. The molecule has 0 heterocycles. The smallest absolute Gasteiger partial charge is 0.407 e. The number of carbonyl (C=O) groups is 11. The summed E-state index contributed by atoms with van der Waals surface area (Å²) in [4.78, 5) is 144. The lowest BCUT2D eigenvalue weighted by molar-refractivity contribution is -0.136. The molecule has 3 aromatic rings. The van der Waals surface area contributed by atoms with Crippen molar-refractivity contribution in [3.05, 3.63) is 102 Å². The minimum atomic E-state index is -1.55. The number of primary amides is 3. The molecule has 0 radical (unpaired) electrons. The number of phenolic OH excluding ortho intramolecular Hbond substituents is 1. The number of ether oxygens (including phenoxy) is 1. The van der Waals surface area contributed by atoms with Crippen LogP contribution in [0.4, 0.5) is 4.79 Å². The number of amides is 10. The first-order valence-corrected chi connectivity index (χ1v) is 28.3. The largest absolute Gasteiger partial charge is 0.508 e. The Labute approximate surface area is 472 Å². The van der Waals surface area contributed by atoms with E-state index in [4.69, 9.17) is 27.0 Å². The zero-order chi connectivity index (χ0) is 59.2. The number of nitrogens with one attached hydrogen (secondary N) is 7. The molecule has 0 spiro atoms. The first-order valence-electron chi connectivity index (χ1n) is 25.8. The number of hydrogen-bond acceptors (Lipinski definition) is 15. The molecule has 10 amide bonds. The molecular weight excluding hydrogens is 1080 g/mol. The van der Waals surface area contributed by atoms with Gasteiger partial charge < -0.3 is 69.4 Å². The lowest BCUT2D eigenvalue weighted by atomic mass is 10.00. The zero-order valence-corrected chi connectivity index (χ0v) is 46.6. The average Bonchev–Trinajstić information content (AvgIpc) is 3.41. The Bertz CT molecular complexity index is 2560. The monoisotopic (exact) mass is 1150 g/mol. The van der Waals surface area contributed by atoms with Gasteiger partial charge in [0.1, 0.15) is 47.6 Å². The van der Waals surface area contributed by atoms with Gasteiger partial charge in [0.15, 0.2) is 0 Å². The van der Waals surface area contributed by atoms with Crippen molar-refractivity contribution in [1.29, 1.82) is 0 Å². The third kappa shape index (κ3) is 27.6. The Kier molecular flexibility index (Phi) is 29.0. The molecule has 436 valence electrons. The number of benzene rings is 3. The molecule has 0 aliphatic rings. The molecule has 0 bridgehead atoms. The van der Waals surface area contributed by atoms with Crippen LogP contribution in [0.5, 0.6) is 5.75 Å². The molecule has 0 fully saturated rings. The number of unbranched alkanes of at least 4 members (excludes halogenated alkanes) is 1. The number of alkyl carbamates (subject to hydrolysis) is 1. The van der Waals surface area contributed by atoms with E-state index in [2.05, 4.69) is 37.2 Å². The highest BCUT2D eigenvalue weighted by molar-refractivity contribution is 8.76. The molecule has 0 saturated heterocycles. The molecule has 24 nitrogen and oxygen atoms in total. The topological polar surface area (TPSA) is 400 Å². The van der Waals surface area contributed by atoms with Gasteiger partial charge in [0.05, 0.1) is 6.42 Å². The lowest BCUT2D eigenvalue weighted by Gasteiger charge is -2.28. The molecule has 0 aromatic heterocycles. The van der Waals surface area contributed by atoms with Crippen LogP contribution in [0, 0.1) is 0 Å². The Morgan fingerprint density at radius 3 is 1.34 bits per heavy atom. The van der Waals surface area contributed by atoms with Crippen LogP contribution in [0.1, 0.15) is 95.2 Å². The van der Waals surface area contributed by atoms with E-state index in [1.807, 2.05) is 0 Å². The number of hydrogen-bond donors (Lipinski definition) is 12. The van der Waals surface area contributed by atoms with Gasteiger partial charge in [-0.1, -0.05) is 94.4 Å². The molecule has 80 heavy (non-hydrogen) atoms. The first-order chi connectivity index (χ1) is 37.9. The summed E-state index contributed by atoms with van der Waals surface area (Å²) in [6.45, 7) is 5.34. The van der Waals surface area contributed by atoms with Gasteiger partial charge in [-0.3, -0.25) is 47.9 Å². The minimum Gasteiger partial charge on any atom is -0.508 e. The van der Waals surface area contributed by atoms with E-state index >= 15 is 0 Å². The number of aliphatic carboxylic acids is 1. The van der Waals surface area contributed by atoms with E-state index in [0.717, 1.165) is 0 Å². The van der Waals surface area contributed by atoms with Crippen LogP contribution in [0.2, 0.25) is 0 Å². The van der Waals surface area contributed by atoms with Crippen molar-refractivity contribution in [2.24, 2.45) is 17.2 Å². The van der Waals surface area contributed by atoms with Crippen LogP contribution >= 0.6 is 21.6 Å². The Hall–Kier alpha value is -7.87. The second kappa shape index (κ2) is 34.9. The lowest BCUT2D eigenvalue weighted by Crippen LogP contribution is -2.60. The standard InChI is InChI=1S/C54H74N10O14S2/c1-54(2,3)78-53(77)58-27-11-10-16-38(59-45(68)25-28-79-80-29-26-46(69)70)48(72)62-40(30-33-12-6-4-7-13-33)51(75)63-41(31-34-14-8-5-9-15-34)52(76)64-42(32-35-17-19-36(65)20-18-35)50(74)61-39(22-24-44(56)67)49(73)60-37(47(57)71)21-23-43(55)66/h4-9,12-15,17-20,37-42,65H,10-11,16,21-32H2,1-3H3,(H2,55,66)(H2,56,67)(H2,57,71)(H,58,77)(H,59,68)(H,60,73)(H,61,74)(H,62,72)(H,63,75)(H,64,76)(H,69,70)/t37-,38-,39-,40-,41-,42-/m0/s1. The molecule has 15 N–H and O–H groups in total. The number of nitrogens with two attached hydrogens (primary N) is 3. The van der Waals surface area contributed by atoms with Crippen molar-refractivity contribution < 1.29 is 67.7 Å². The van der Waals surface area contributed by atoms with Crippen molar-refractivity contribution in [2.75, 3.05) is 18.1 Å². The van der Waals surface area contributed by atoms with Gasteiger partial charge in [-0.25, -0.2) is 4.79 Å². The maximum Gasteiger partial charge on any atom is 0.407 e. The Balaban J connectivity index is 1.99. The van der Waals surface area contributed by atoms with Gasteiger partial charge in [0.25, 0.3) is 0 Å². The van der Waals surface area contributed by atoms with Gasteiger partial charge in [0.2, 0.25) is 53.2 Å². The fraction of sp³-hybridized carbons (Fsp3) is 0.463. The van der Waals surface area contributed by atoms with E-state index in [1.54, 1.807) is 81.4 Å². The van der Waals surface area contributed by atoms with Crippen molar-refractivity contribution in [3.63, 3.8) is 0 Å². The molecule has 3 rings (SSSR count). The van der Waals surface area contributed by atoms with Crippen LogP contribution in [0.3, 0.4) is 0 Å². The fourth-order valence-corrected chi connectivity index (χ4v) is 9.55. The van der Waals surface area contributed by atoms with Gasteiger partial charge >= 0.3 is 12.1 Å². The van der Waals surface area contributed by atoms with Gasteiger partial charge in [-0.05, 0) is 81.7 Å². The van der Waals surface area contributed by atoms with Crippen LogP contribution in [-0.4, -0.2) is 135 Å². The fourth-order valence-electron chi connectivity index (χ4n) is 7.58. The van der Waals surface area contributed by atoms with Crippen molar-refractivity contribution >= 4 is 86.8 Å². The third-order valence-electron chi connectivity index (χ3n) is 11.6. The van der Waals surface area contributed by atoms with Gasteiger partial charge in [-0.15, -0.1) is 0 Å². The summed E-state index contributed by atoms with van der Waals surface area (Å²) in [5, 5.41) is 37.5. The third-order valence-corrected chi connectivity index (χ3v) is 14.0. The highest BCUT2D eigenvalue weighted by Crippen LogP contribution is 2.23. The molecule has 0 unspecified atom stereocenters. The molecule has 26 heteroatoms. The second-order valence-electron chi connectivity index (χ2n) is 19.6.